The lowest BCUT2D eigenvalue weighted by Gasteiger charge is -2.30. The molecule has 0 aromatic heterocycles. The van der Waals surface area contributed by atoms with E-state index in [9.17, 15) is 5.11 Å². The number of benzene rings is 1. The van der Waals surface area contributed by atoms with Crippen molar-refractivity contribution in [1.29, 1.82) is 0 Å². The van der Waals surface area contributed by atoms with Gasteiger partial charge in [-0.2, -0.15) is 0 Å². The highest BCUT2D eigenvalue weighted by molar-refractivity contribution is 14.0. The molecule has 1 aliphatic heterocycles. The maximum Gasteiger partial charge on any atom is 0.191 e. The molecule has 1 aromatic carbocycles. The van der Waals surface area contributed by atoms with Gasteiger partial charge in [-0.25, -0.2) is 0 Å². The molecule has 136 valence electrons. The van der Waals surface area contributed by atoms with Gasteiger partial charge in [0.05, 0.1) is 12.6 Å². The number of rotatable bonds is 7. The Morgan fingerprint density at radius 1 is 1.25 bits per heavy atom. The summed E-state index contributed by atoms with van der Waals surface area (Å²) in [5.41, 5.74) is 2.82. The first-order valence-corrected chi connectivity index (χ1v) is 8.72. The highest BCUT2D eigenvalue weighted by atomic mass is 127. The normalized spacial score (nSPS) is 16.0. The number of hydrogen-bond donors (Lipinski definition) is 3. The molecular weight excluding hydrogens is 415 g/mol. The fourth-order valence-corrected chi connectivity index (χ4v) is 2.85. The van der Waals surface area contributed by atoms with Crippen molar-refractivity contribution in [1.82, 2.24) is 15.5 Å². The zero-order chi connectivity index (χ0) is 16.5. The van der Waals surface area contributed by atoms with Crippen molar-refractivity contribution in [2.75, 3.05) is 32.7 Å². The zero-order valence-electron chi connectivity index (χ0n) is 14.8. The van der Waals surface area contributed by atoms with E-state index in [-0.39, 0.29) is 24.0 Å². The molecule has 0 fully saturated rings. The predicted molar refractivity (Wildman–Crippen MR) is 111 cm³/mol. The van der Waals surface area contributed by atoms with Crippen LogP contribution in [0.25, 0.3) is 0 Å². The molecule has 0 saturated carbocycles. The molecule has 0 radical (unpaired) electrons. The lowest BCUT2D eigenvalue weighted by atomic mass is 10.00. The first-order chi connectivity index (χ1) is 11.2. The van der Waals surface area contributed by atoms with E-state index in [4.69, 9.17) is 0 Å². The van der Waals surface area contributed by atoms with Crippen LogP contribution >= 0.6 is 24.0 Å². The third kappa shape index (κ3) is 6.94. The molecule has 1 aliphatic rings. The Hall–Kier alpha value is -0.860. The smallest absolute Gasteiger partial charge is 0.191 e. The largest absolute Gasteiger partial charge is 0.390 e. The van der Waals surface area contributed by atoms with Gasteiger partial charge in [-0.15, -0.1) is 24.0 Å². The summed E-state index contributed by atoms with van der Waals surface area (Å²) in [7, 11) is 0. The molecule has 24 heavy (non-hydrogen) atoms. The Morgan fingerprint density at radius 3 is 2.71 bits per heavy atom. The van der Waals surface area contributed by atoms with Crippen molar-refractivity contribution >= 4 is 29.9 Å². The average molecular weight is 446 g/mol. The van der Waals surface area contributed by atoms with Crippen molar-refractivity contribution in [2.24, 2.45) is 4.99 Å². The van der Waals surface area contributed by atoms with Crippen molar-refractivity contribution in [3.8, 4) is 0 Å². The summed E-state index contributed by atoms with van der Waals surface area (Å²) in [6, 6.07) is 8.58. The van der Waals surface area contributed by atoms with E-state index in [1.54, 1.807) is 0 Å². The molecule has 0 amide bonds. The number of aliphatic hydroxyl groups is 1. The van der Waals surface area contributed by atoms with Gasteiger partial charge in [-0.3, -0.25) is 9.89 Å². The average Bonchev–Trinajstić information content (AvgIpc) is 2.57. The Bertz CT molecular complexity index is 510. The van der Waals surface area contributed by atoms with Crippen LogP contribution in [0, 0.1) is 0 Å². The predicted octanol–water partition coefficient (Wildman–Crippen LogP) is 1.99. The van der Waals surface area contributed by atoms with Crippen LogP contribution in [-0.4, -0.2) is 54.8 Å². The Labute approximate surface area is 162 Å². The maximum absolute atomic E-state index is 10.3. The topological polar surface area (TPSA) is 59.9 Å². The minimum atomic E-state index is -0.433. The molecule has 6 heteroatoms. The van der Waals surface area contributed by atoms with Crippen molar-refractivity contribution in [3.63, 3.8) is 0 Å². The number of fused-ring (bicyclic) bond motifs is 1. The molecule has 2 rings (SSSR count). The third-order valence-electron chi connectivity index (χ3n) is 4.03. The molecule has 1 aromatic rings. The number of aliphatic hydroxyl groups excluding tert-OH is 1. The quantitative estimate of drug-likeness (QED) is 0.341. The summed E-state index contributed by atoms with van der Waals surface area (Å²) < 4.78 is 0. The molecule has 0 aliphatic carbocycles. The molecule has 1 unspecified atom stereocenters. The molecule has 0 spiro atoms. The molecule has 0 saturated heterocycles. The van der Waals surface area contributed by atoms with E-state index < -0.39 is 6.10 Å². The van der Waals surface area contributed by atoms with Crippen LogP contribution in [0.1, 0.15) is 31.4 Å². The molecule has 3 N–H and O–H groups in total. The van der Waals surface area contributed by atoms with E-state index in [1.165, 1.54) is 11.1 Å². The van der Waals surface area contributed by atoms with Gasteiger partial charge in [0.15, 0.2) is 5.96 Å². The van der Waals surface area contributed by atoms with E-state index in [0.29, 0.717) is 13.1 Å². The second kappa shape index (κ2) is 11.7. The Balaban J connectivity index is 0.00000288. The highest BCUT2D eigenvalue weighted by Gasteiger charge is 2.18. The van der Waals surface area contributed by atoms with Gasteiger partial charge >= 0.3 is 0 Å². The Morgan fingerprint density at radius 2 is 2.00 bits per heavy atom. The van der Waals surface area contributed by atoms with Crippen LogP contribution < -0.4 is 10.6 Å². The minimum absolute atomic E-state index is 0. The summed E-state index contributed by atoms with van der Waals surface area (Å²) in [6.07, 6.45) is 1.69. The number of halogens is 1. The van der Waals surface area contributed by atoms with Crippen LogP contribution in [0.4, 0.5) is 0 Å². The van der Waals surface area contributed by atoms with Gasteiger partial charge in [-0.1, -0.05) is 31.2 Å². The number of aliphatic imine (C=N–C) groups is 1. The van der Waals surface area contributed by atoms with Crippen LogP contribution in [-0.2, 0) is 13.0 Å². The number of guanidine groups is 1. The lowest BCUT2D eigenvalue weighted by Crippen LogP contribution is -2.40. The van der Waals surface area contributed by atoms with E-state index >= 15 is 0 Å². The summed E-state index contributed by atoms with van der Waals surface area (Å²) in [5.74, 6) is 0.789. The van der Waals surface area contributed by atoms with E-state index in [1.807, 2.05) is 6.92 Å². The first kappa shape index (κ1) is 21.2. The van der Waals surface area contributed by atoms with Gasteiger partial charge in [0.2, 0.25) is 0 Å². The fraction of sp³-hybridized carbons (Fsp3) is 0.611. The summed E-state index contributed by atoms with van der Waals surface area (Å²) in [6.45, 7) is 8.92. The summed E-state index contributed by atoms with van der Waals surface area (Å²) >= 11 is 0. The van der Waals surface area contributed by atoms with Crippen molar-refractivity contribution in [3.05, 3.63) is 35.4 Å². The maximum atomic E-state index is 10.3. The standard InChI is InChI=1S/C18H30N4O.HI/c1-3-10-20-18(19-4-2)21-12-17(23)14-22-11-9-15-7-5-6-8-16(15)13-22;/h5-8,17,23H,3-4,9-14H2,1-2H3,(H2,19,20,21);1H. The number of nitrogens with zero attached hydrogens (tertiary/aromatic N) is 2. The van der Waals surface area contributed by atoms with Crippen LogP contribution in [0.15, 0.2) is 29.3 Å². The van der Waals surface area contributed by atoms with Crippen LogP contribution in [0.2, 0.25) is 0 Å². The third-order valence-corrected chi connectivity index (χ3v) is 4.03. The van der Waals surface area contributed by atoms with Gasteiger partial charge in [0.1, 0.15) is 0 Å². The van der Waals surface area contributed by atoms with E-state index in [0.717, 1.165) is 45.0 Å². The molecule has 1 atom stereocenters. The van der Waals surface area contributed by atoms with Crippen LogP contribution in [0.3, 0.4) is 0 Å². The number of nitrogens with one attached hydrogen (secondary N) is 2. The van der Waals surface area contributed by atoms with Gasteiger partial charge in [-0.05, 0) is 30.9 Å². The molecule has 0 bridgehead atoms. The molecule has 5 nitrogen and oxygen atoms in total. The first-order valence-electron chi connectivity index (χ1n) is 8.72. The second-order valence-electron chi connectivity index (χ2n) is 6.05. The molecular formula is C18H31IN4O. The second-order valence-corrected chi connectivity index (χ2v) is 6.05. The fourth-order valence-electron chi connectivity index (χ4n) is 2.85. The SMILES string of the molecule is CCCNC(=NCC(O)CN1CCc2ccccc2C1)NCC.I. The summed E-state index contributed by atoms with van der Waals surface area (Å²) in [5, 5.41) is 16.7. The van der Waals surface area contributed by atoms with Gasteiger partial charge in [0, 0.05) is 32.7 Å². The highest BCUT2D eigenvalue weighted by Crippen LogP contribution is 2.18. The number of hydrogen-bond acceptors (Lipinski definition) is 3. The number of β-amino-alcohol motifs (C(OH)–C–C–N with tert-alkyl or cyclic N) is 1. The van der Waals surface area contributed by atoms with E-state index in [2.05, 4.69) is 51.7 Å². The summed E-state index contributed by atoms with van der Waals surface area (Å²) in [4.78, 5) is 6.79. The van der Waals surface area contributed by atoms with Gasteiger partial charge in [0.25, 0.3) is 0 Å². The van der Waals surface area contributed by atoms with Crippen molar-refractivity contribution in [2.45, 2.75) is 39.3 Å². The Kier molecular flexibility index (Phi) is 10.3. The van der Waals surface area contributed by atoms with Crippen LogP contribution in [0.5, 0.6) is 0 Å². The zero-order valence-corrected chi connectivity index (χ0v) is 17.1. The van der Waals surface area contributed by atoms with Gasteiger partial charge < -0.3 is 15.7 Å². The minimum Gasteiger partial charge on any atom is -0.390 e. The molecule has 1 heterocycles. The monoisotopic (exact) mass is 446 g/mol. The van der Waals surface area contributed by atoms with Crippen molar-refractivity contribution < 1.29 is 5.11 Å². The lowest BCUT2D eigenvalue weighted by molar-refractivity contribution is 0.111.